The highest BCUT2D eigenvalue weighted by molar-refractivity contribution is 5.48. The normalized spacial score (nSPS) is 16.8. The monoisotopic (exact) mass is 176 g/mol. The molecule has 1 aliphatic rings. The molecule has 0 saturated carbocycles. The smallest absolute Gasteiger partial charge is 0.209 e. The van der Waals surface area contributed by atoms with Crippen LogP contribution in [0.5, 0.6) is 0 Å². The lowest BCUT2D eigenvalue weighted by Crippen LogP contribution is -2.46. The Kier molecular flexibility index (Phi) is 2.25. The minimum absolute atomic E-state index is 0.634. The summed E-state index contributed by atoms with van der Waals surface area (Å²) in [6.07, 6.45) is 5.63. The minimum Gasteiger partial charge on any atom is -0.345 e. The Labute approximate surface area is 77.4 Å². The van der Waals surface area contributed by atoms with E-state index < -0.39 is 0 Å². The number of carbonyl (C=O) groups excluding carboxylic acids is 1. The third-order valence-electron chi connectivity index (χ3n) is 2.38. The van der Waals surface area contributed by atoms with Gasteiger partial charge in [-0.25, -0.2) is 0 Å². The maximum atomic E-state index is 10.3. The Balaban J connectivity index is 1.84. The van der Waals surface area contributed by atoms with Gasteiger partial charge in [0, 0.05) is 25.5 Å². The third kappa shape index (κ3) is 1.86. The van der Waals surface area contributed by atoms with Crippen molar-refractivity contribution >= 4 is 6.41 Å². The van der Waals surface area contributed by atoms with E-state index in [9.17, 15) is 4.79 Å². The van der Waals surface area contributed by atoms with Crippen LogP contribution in [0.3, 0.4) is 0 Å². The molecule has 0 atom stereocenters. The molecular formula is C10H12N2O. The number of rotatable bonds is 3. The first-order chi connectivity index (χ1) is 6.38. The highest BCUT2D eigenvalue weighted by atomic mass is 16.1. The van der Waals surface area contributed by atoms with E-state index in [1.165, 1.54) is 5.56 Å². The fourth-order valence-corrected chi connectivity index (χ4v) is 1.68. The lowest BCUT2D eigenvalue weighted by atomic mass is 9.94. The van der Waals surface area contributed by atoms with Crippen molar-refractivity contribution in [3.05, 3.63) is 30.1 Å². The molecule has 0 aromatic carbocycles. The number of likely N-dealkylation sites (tertiary alicyclic amines) is 1. The zero-order valence-corrected chi connectivity index (χ0v) is 7.39. The molecule has 1 fully saturated rings. The summed E-state index contributed by atoms with van der Waals surface area (Å²) in [5, 5.41) is 0. The number of amides is 1. The van der Waals surface area contributed by atoms with Gasteiger partial charge in [0.1, 0.15) is 0 Å². The second-order valence-electron chi connectivity index (χ2n) is 3.49. The van der Waals surface area contributed by atoms with Crippen molar-refractivity contribution in [3.63, 3.8) is 0 Å². The molecule has 2 heterocycles. The highest BCUT2D eigenvalue weighted by Crippen LogP contribution is 2.17. The molecule has 0 N–H and O–H groups in total. The molecule has 1 aromatic heterocycles. The Morgan fingerprint density at radius 3 is 3.08 bits per heavy atom. The SMILES string of the molecule is O=CN1CC(Cc2cccnc2)C1. The van der Waals surface area contributed by atoms with Gasteiger partial charge in [-0.15, -0.1) is 0 Å². The van der Waals surface area contributed by atoms with Crippen molar-refractivity contribution in [2.24, 2.45) is 5.92 Å². The van der Waals surface area contributed by atoms with Gasteiger partial charge in [-0.2, -0.15) is 0 Å². The fraction of sp³-hybridized carbons (Fsp3) is 0.400. The molecule has 1 amide bonds. The number of hydrogen-bond donors (Lipinski definition) is 0. The molecular weight excluding hydrogens is 164 g/mol. The molecule has 1 saturated heterocycles. The Hall–Kier alpha value is -1.38. The minimum atomic E-state index is 0.634. The van der Waals surface area contributed by atoms with E-state index in [0.29, 0.717) is 5.92 Å². The van der Waals surface area contributed by atoms with Gasteiger partial charge in [-0.1, -0.05) is 6.07 Å². The molecule has 0 spiro atoms. The number of pyridine rings is 1. The van der Waals surface area contributed by atoms with Gasteiger partial charge in [0.25, 0.3) is 0 Å². The van der Waals surface area contributed by atoms with E-state index in [-0.39, 0.29) is 0 Å². The van der Waals surface area contributed by atoms with Gasteiger partial charge in [0.2, 0.25) is 6.41 Å². The molecule has 0 aliphatic carbocycles. The summed E-state index contributed by atoms with van der Waals surface area (Å²) in [6, 6.07) is 4.03. The van der Waals surface area contributed by atoms with Gasteiger partial charge in [0.15, 0.2) is 0 Å². The molecule has 0 unspecified atom stereocenters. The summed E-state index contributed by atoms with van der Waals surface area (Å²) in [7, 11) is 0. The number of hydrogen-bond acceptors (Lipinski definition) is 2. The first-order valence-electron chi connectivity index (χ1n) is 4.47. The van der Waals surface area contributed by atoms with Crippen molar-refractivity contribution in [1.82, 2.24) is 9.88 Å². The third-order valence-corrected chi connectivity index (χ3v) is 2.38. The maximum Gasteiger partial charge on any atom is 0.209 e. The van der Waals surface area contributed by atoms with Crippen molar-refractivity contribution in [2.75, 3.05) is 13.1 Å². The lowest BCUT2D eigenvalue weighted by molar-refractivity contribution is -0.123. The van der Waals surface area contributed by atoms with Crippen LogP contribution in [0.2, 0.25) is 0 Å². The Morgan fingerprint density at radius 1 is 1.62 bits per heavy atom. The van der Waals surface area contributed by atoms with Crippen LogP contribution >= 0.6 is 0 Å². The summed E-state index contributed by atoms with van der Waals surface area (Å²) >= 11 is 0. The lowest BCUT2D eigenvalue weighted by Gasteiger charge is -2.36. The summed E-state index contributed by atoms with van der Waals surface area (Å²) < 4.78 is 0. The van der Waals surface area contributed by atoms with Crippen molar-refractivity contribution in [1.29, 1.82) is 0 Å². The second-order valence-corrected chi connectivity index (χ2v) is 3.49. The van der Waals surface area contributed by atoms with Crippen LogP contribution in [0.1, 0.15) is 5.56 Å². The number of aromatic nitrogens is 1. The van der Waals surface area contributed by atoms with Crippen molar-refractivity contribution < 1.29 is 4.79 Å². The second kappa shape index (κ2) is 3.56. The summed E-state index contributed by atoms with van der Waals surface area (Å²) in [4.78, 5) is 16.1. The van der Waals surface area contributed by atoms with Crippen LogP contribution in [-0.4, -0.2) is 29.4 Å². The van der Waals surface area contributed by atoms with Gasteiger partial charge in [0.05, 0.1) is 0 Å². The van der Waals surface area contributed by atoms with Crippen molar-refractivity contribution in [2.45, 2.75) is 6.42 Å². The van der Waals surface area contributed by atoms with Crippen LogP contribution < -0.4 is 0 Å². The quantitative estimate of drug-likeness (QED) is 0.635. The molecule has 3 nitrogen and oxygen atoms in total. The molecule has 13 heavy (non-hydrogen) atoms. The van der Waals surface area contributed by atoms with Crippen LogP contribution in [-0.2, 0) is 11.2 Å². The topological polar surface area (TPSA) is 33.2 Å². The standard InChI is InChI=1S/C10H12N2O/c13-8-12-6-10(7-12)4-9-2-1-3-11-5-9/h1-3,5,8,10H,4,6-7H2. The highest BCUT2D eigenvalue weighted by Gasteiger charge is 2.24. The summed E-state index contributed by atoms with van der Waals surface area (Å²) in [5.41, 5.74) is 1.26. The number of nitrogens with zero attached hydrogens (tertiary/aromatic N) is 2. The van der Waals surface area contributed by atoms with Gasteiger partial charge in [-0.3, -0.25) is 9.78 Å². The molecule has 1 aromatic rings. The Bertz CT molecular complexity index is 280. The predicted molar refractivity (Wildman–Crippen MR) is 49.1 cm³/mol. The fourth-order valence-electron chi connectivity index (χ4n) is 1.68. The zero-order valence-electron chi connectivity index (χ0n) is 7.39. The number of carbonyl (C=O) groups is 1. The molecule has 3 heteroatoms. The van der Waals surface area contributed by atoms with E-state index in [0.717, 1.165) is 25.9 Å². The first kappa shape index (κ1) is 8.23. The van der Waals surface area contributed by atoms with E-state index in [4.69, 9.17) is 0 Å². The Morgan fingerprint density at radius 2 is 2.46 bits per heavy atom. The first-order valence-corrected chi connectivity index (χ1v) is 4.47. The van der Waals surface area contributed by atoms with Crippen LogP contribution in [0, 0.1) is 5.92 Å². The average molecular weight is 176 g/mol. The largest absolute Gasteiger partial charge is 0.345 e. The predicted octanol–water partition coefficient (Wildman–Crippen LogP) is 0.712. The van der Waals surface area contributed by atoms with E-state index in [1.807, 2.05) is 12.3 Å². The van der Waals surface area contributed by atoms with E-state index in [1.54, 1.807) is 11.1 Å². The van der Waals surface area contributed by atoms with Crippen LogP contribution in [0.25, 0.3) is 0 Å². The van der Waals surface area contributed by atoms with E-state index in [2.05, 4.69) is 11.1 Å². The molecule has 0 bridgehead atoms. The van der Waals surface area contributed by atoms with Gasteiger partial charge >= 0.3 is 0 Å². The van der Waals surface area contributed by atoms with Crippen LogP contribution in [0.15, 0.2) is 24.5 Å². The average Bonchev–Trinajstić information content (AvgIpc) is 2.12. The molecule has 1 aliphatic heterocycles. The summed E-state index contributed by atoms with van der Waals surface area (Å²) in [6.45, 7) is 1.80. The molecule has 2 rings (SSSR count). The molecule has 68 valence electrons. The van der Waals surface area contributed by atoms with Gasteiger partial charge < -0.3 is 4.90 Å². The summed E-state index contributed by atoms with van der Waals surface area (Å²) in [5.74, 6) is 0.634. The molecule has 0 radical (unpaired) electrons. The van der Waals surface area contributed by atoms with Crippen LogP contribution in [0.4, 0.5) is 0 Å². The zero-order chi connectivity index (χ0) is 9.10. The van der Waals surface area contributed by atoms with Gasteiger partial charge in [-0.05, 0) is 24.0 Å². The van der Waals surface area contributed by atoms with E-state index >= 15 is 0 Å². The van der Waals surface area contributed by atoms with Crippen molar-refractivity contribution in [3.8, 4) is 0 Å². The maximum absolute atomic E-state index is 10.3.